The van der Waals surface area contributed by atoms with Gasteiger partial charge in [0.05, 0.1) is 11.4 Å². The predicted molar refractivity (Wildman–Crippen MR) is 147 cm³/mol. The van der Waals surface area contributed by atoms with Crippen LogP contribution in [-0.4, -0.2) is 30.1 Å². The summed E-state index contributed by atoms with van der Waals surface area (Å²) >= 11 is 0. The van der Waals surface area contributed by atoms with Crippen molar-refractivity contribution in [3.8, 4) is 0 Å². The van der Waals surface area contributed by atoms with Gasteiger partial charge in [-0.3, -0.25) is 14.6 Å². The second kappa shape index (κ2) is 11.0. The van der Waals surface area contributed by atoms with Crippen LogP contribution in [0.15, 0.2) is 59.6 Å². The van der Waals surface area contributed by atoms with Crippen LogP contribution in [0.4, 0.5) is 5.69 Å². The number of primary amides is 1. The molecule has 2 atom stereocenters. The fourth-order valence-electron chi connectivity index (χ4n) is 7.01. The van der Waals surface area contributed by atoms with E-state index in [2.05, 4.69) is 18.8 Å². The van der Waals surface area contributed by atoms with Gasteiger partial charge in [-0.15, -0.1) is 0 Å². The molecule has 1 aliphatic heterocycles. The third-order valence-electron chi connectivity index (χ3n) is 7.93. The molecule has 5 rings (SSSR count). The SMILES string of the molecule is CC(C)N1C(=O)CN=C(c2ccccc2)c2ccccc21.CC1CC2CC(C1)CC(C)(CC(N)=O)C2. The van der Waals surface area contributed by atoms with E-state index in [0.29, 0.717) is 6.42 Å². The molecule has 2 aromatic carbocycles. The summed E-state index contributed by atoms with van der Waals surface area (Å²) in [5.41, 5.74) is 9.45. The van der Waals surface area contributed by atoms with Gasteiger partial charge < -0.3 is 10.6 Å². The Kier molecular flexibility index (Phi) is 7.97. The van der Waals surface area contributed by atoms with E-state index in [4.69, 9.17) is 5.73 Å². The number of nitrogens with two attached hydrogens (primary N) is 1. The molecule has 2 amide bonds. The summed E-state index contributed by atoms with van der Waals surface area (Å²) in [5.74, 6) is 2.54. The lowest BCUT2D eigenvalue weighted by Gasteiger charge is -2.47. The van der Waals surface area contributed by atoms with Gasteiger partial charge in [0.1, 0.15) is 6.54 Å². The van der Waals surface area contributed by atoms with Crippen molar-refractivity contribution in [3.63, 3.8) is 0 Å². The first-order chi connectivity index (χ1) is 17.1. The molecule has 2 aromatic rings. The van der Waals surface area contributed by atoms with E-state index in [1.54, 1.807) is 0 Å². The van der Waals surface area contributed by atoms with Crippen LogP contribution in [0.1, 0.15) is 77.3 Å². The molecule has 2 bridgehead atoms. The van der Waals surface area contributed by atoms with Crippen LogP contribution in [0.25, 0.3) is 0 Å². The number of hydrogen-bond donors (Lipinski definition) is 1. The average Bonchev–Trinajstić information content (AvgIpc) is 2.94. The number of benzene rings is 2. The second-order valence-electron chi connectivity index (χ2n) is 11.8. The highest BCUT2D eigenvalue weighted by Crippen LogP contribution is 2.51. The minimum atomic E-state index is -0.120. The normalized spacial score (nSPS) is 27.4. The van der Waals surface area contributed by atoms with Crippen molar-refractivity contribution >= 4 is 23.2 Å². The number of para-hydroxylation sites is 1. The molecule has 0 radical (unpaired) electrons. The van der Waals surface area contributed by atoms with Gasteiger partial charge in [0.2, 0.25) is 11.8 Å². The molecule has 2 unspecified atom stereocenters. The summed E-state index contributed by atoms with van der Waals surface area (Å²) in [5, 5.41) is 0. The summed E-state index contributed by atoms with van der Waals surface area (Å²) in [7, 11) is 0. The Morgan fingerprint density at radius 2 is 1.64 bits per heavy atom. The molecule has 2 fully saturated rings. The van der Waals surface area contributed by atoms with Crippen LogP contribution in [0.2, 0.25) is 0 Å². The van der Waals surface area contributed by atoms with Crippen LogP contribution in [0, 0.1) is 23.2 Å². The third-order valence-corrected chi connectivity index (χ3v) is 7.93. The molecule has 0 aromatic heterocycles. The van der Waals surface area contributed by atoms with E-state index in [1.807, 2.05) is 73.3 Å². The molecule has 192 valence electrons. The standard InChI is InChI=1S/C18H18N2O.C13H23NO/c1-13(2)20-16-11-7-6-10-15(16)18(19-12-17(20)21)14-8-4-3-5-9-14;1-9-3-10-5-11(4-9)7-13(2,6-10)8-12(14)15/h3-11,13H,12H2,1-2H3;9-11H,3-8H2,1-2H3,(H2,14,15). The topological polar surface area (TPSA) is 75.8 Å². The molecule has 1 heterocycles. The molecule has 2 saturated carbocycles. The Morgan fingerprint density at radius 3 is 2.25 bits per heavy atom. The van der Waals surface area contributed by atoms with Gasteiger partial charge in [-0.1, -0.05) is 62.4 Å². The highest BCUT2D eigenvalue weighted by Gasteiger charge is 2.41. The predicted octanol–water partition coefficient (Wildman–Crippen LogP) is 5.99. The third kappa shape index (κ3) is 6.05. The zero-order valence-electron chi connectivity index (χ0n) is 22.2. The number of fused-ring (bicyclic) bond motifs is 3. The molecule has 2 aliphatic carbocycles. The van der Waals surface area contributed by atoms with Crippen molar-refractivity contribution in [2.75, 3.05) is 11.4 Å². The van der Waals surface area contributed by atoms with Gasteiger partial charge in [0.15, 0.2) is 0 Å². The Morgan fingerprint density at radius 1 is 1.03 bits per heavy atom. The number of amides is 2. The number of aliphatic imine (C=N–C) groups is 1. The Hall–Kier alpha value is -2.95. The fraction of sp³-hybridized carbons (Fsp3) is 0.516. The summed E-state index contributed by atoms with van der Waals surface area (Å²) in [4.78, 5) is 29.9. The first-order valence-corrected chi connectivity index (χ1v) is 13.4. The molecule has 0 saturated heterocycles. The first kappa shape index (κ1) is 26.1. The largest absolute Gasteiger partial charge is 0.370 e. The highest BCUT2D eigenvalue weighted by molar-refractivity contribution is 6.19. The van der Waals surface area contributed by atoms with Crippen molar-refractivity contribution in [1.29, 1.82) is 0 Å². The van der Waals surface area contributed by atoms with Crippen LogP contribution >= 0.6 is 0 Å². The number of anilines is 1. The maximum atomic E-state index is 12.4. The van der Waals surface area contributed by atoms with Gasteiger partial charge >= 0.3 is 0 Å². The maximum Gasteiger partial charge on any atom is 0.248 e. The lowest BCUT2D eigenvalue weighted by atomic mass is 9.58. The molecule has 0 spiro atoms. The van der Waals surface area contributed by atoms with Crippen LogP contribution < -0.4 is 10.6 Å². The van der Waals surface area contributed by atoms with Gasteiger partial charge in [-0.2, -0.15) is 0 Å². The lowest BCUT2D eigenvalue weighted by Crippen LogP contribution is -2.38. The maximum absolute atomic E-state index is 12.4. The van der Waals surface area contributed by atoms with E-state index >= 15 is 0 Å². The monoisotopic (exact) mass is 487 g/mol. The molecule has 5 nitrogen and oxygen atoms in total. The van der Waals surface area contributed by atoms with Crippen LogP contribution in [-0.2, 0) is 9.59 Å². The van der Waals surface area contributed by atoms with Gasteiger partial charge in [0.25, 0.3) is 0 Å². The van der Waals surface area contributed by atoms with E-state index in [1.165, 1.54) is 32.1 Å². The number of benzodiazepines with no additional fused rings is 1. The molecular weight excluding hydrogens is 446 g/mol. The lowest BCUT2D eigenvalue weighted by molar-refractivity contribution is -0.121. The zero-order chi connectivity index (χ0) is 25.9. The molecule has 2 N–H and O–H groups in total. The summed E-state index contributed by atoms with van der Waals surface area (Å²) in [6, 6.07) is 18.1. The molecular formula is C31H41N3O2. The molecule has 5 heteroatoms. The van der Waals surface area contributed by atoms with Crippen molar-refractivity contribution < 1.29 is 9.59 Å². The molecule has 36 heavy (non-hydrogen) atoms. The molecule has 3 aliphatic rings. The quantitative estimate of drug-likeness (QED) is 0.575. The minimum Gasteiger partial charge on any atom is -0.370 e. The van der Waals surface area contributed by atoms with Crippen LogP contribution in [0.3, 0.4) is 0 Å². The second-order valence-corrected chi connectivity index (χ2v) is 11.8. The van der Waals surface area contributed by atoms with E-state index in [9.17, 15) is 9.59 Å². The van der Waals surface area contributed by atoms with E-state index < -0.39 is 0 Å². The fourth-order valence-corrected chi connectivity index (χ4v) is 7.01. The summed E-state index contributed by atoms with van der Waals surface area (Å²) < 4.78 is 0. The van der Waals surface area contributed by atoms with Crippen molar-refractivity contribution in [2.24, 2.45) is 33.9 Å². The number of carbonyl (C=O) groups excluding carboxylic acids is 2. The van der Waals surface area contributed by atoms with Gasteiger partial charge in [-0.05, 0) is 75.2 Å². The van der Waals surface area contributed by atoms with E-state index in [0.717, 1.165) is 40.3 Å². The zero-order valence-corrected chi connectivity index (χ0v) is 22.2. The Bertz CT molecular complexity index is 1090. The van der Waals surface area contributed by atoms with Crippen molar-refractivity contribution in [3.05, 3.63) is 65.7 Å². The highest BCUT2D eigenvalue weighted by atomic mass is 16.2. The van der Waals surface area contributed by atoms with Crippen molar-refractivity contribution in [2.45, 2.75) is 72.3 Å². The Balaban J connectivity index is 0.000000179. The van der Waals surface area contributed by atoms with Gasteiger partial charge in [0, 0.05) is 23.6 Å². The number of nitrogens with zero attached hydrogens (tertiary/aromatic N) is 2. The minimum absolute atomic E-state index is 0.0448. The average molecular weight is 488 g/mol. The van der Waals surface area contributed by atoms with Crippen LogP contribution in [0.5, 0.6) is 0 Å². The number of carbonyl (C=O) groups is 2. The number of hydrogen-bond acceptors (Lipinski definition) is 3. The van der Waals surface area contributed by atoms with Gasteiger partial charge in [-0.25, -0.2) is 0 Å². The summed E-state index contributed by atoms with van der Waals surface area (Å²) in [6.45, 7) is 8.88. The van der Waals surface area contributed by atoms with E-state index in [-0.39, 0.29) is 29.8 Å². The van der Waals surface area contributed by atoms with Crippen molar-refractivity contribution in [1.82, 2.24) is 0 Å². The Labute approximate surface area is 216 Å². The number of rotatable bonds is 4. The first-order valence-electron chi connectivity index (χ1n) is 13.4. The smallest absolute Gasteiger partial charge is 0.248 e. The summed E-state index contributed by atoms with van der Waals surface area (Å²) in [6.07, 6.45) is 7.16.